The molecule has 0 aromatic carbocycles. The van der Waals surface area contributed by atoms with Crippen LogP contribution >= 0.6 is 12.6 Å². The maximum absolute atomic E-state index is 4.51. The summed E-state index contributed by atoms with van der Waals surface area (Å²) in [4.78, 5) is -0.449. The zero-order valence-corrected chi connectivity index (χ0v) is 16.1. The van der Waals surface area contributed by atoms with Crippen molar-refractivity contribution in [2.75, 3.05) is 18.8 Å². The Morgan fingerprint density at radius 2 is 1.91 bits per heavy atom. The van der Waals surface area contributed by atoms with E-state index >= 15 is 0 Å². The Hall–Kier alpha value is -1.21. The number of thiol groups is 1. The predicted octanol–water partition coefficient (Wildman–Crippen LogP) is 1.83. The molecular weight excluding hydrogens is 308 g/mol. The normalized spacial score (nSPS) is 10.6. The van der Waals surface area contributed by atoms with Crippen LogP contribution < -0.4 is 10.5 Å². The van der Waals surface area contributed by atoms with Crippen molar-refractivity contribution in [2.24, 2.45) is 0 Å². The standard InChI is InChI=1S/C10H25B2N7S.C3H4/c1-7-8-18(11(4)13-6)12(5)14-9-15-16-17-19(9)10(2,3)20;1-3-2/h13,20H,7-8H2,1-6H3,(H,14,15,17);1-2H2. The van der Waals surface area contributed by atoms with Gasteiger partial charge in [0.05, 0.1) is 0 Å². The zero-order valence-electron chi connectivity index (χ0n) is 15.2. The third-order valence-electron chi connectivity index (χ3n) is 3.22. The largest absolute Gasteiger partial charge is 0.383 e. The molecule has 0 amide bonds. The summed E-state index contributed by atoms with van der Waals surface area (Å²) in [5.41, 5.74) is 2.25. The third-order valence-corrected chi connectivity index (χ3v) is 3.41. The maximum atomic E-state index is 4.51. The molecule has 0 atom stereocenters. The highest BCUT2D eigenvalue weighted by atomic mass is 32.1. The summed E-state index contributed by atoms with van der Waals surface area (Å²) >= 11 is 4.51. The fraction of sp³-hybridized carbons (Fsp3) is 0.692. The first kappa shape index (κ1) is 21.8. The highest BCUT2D eigenvalue weighted by molar-refractivity contribution is 7.81. The van der Waals surface area contributed by atoms with E-state index in [0.717, 1.165) is 13.0 Å². The van der Waals surface area contributed by atoms with Gasteiger partial charge in [-0.25, -0.2) is 0 Å². The number of nitrogens with zero attached hydrogens (tertiary/aromatic N) is 5. The van der Waals surface area contributed by atoms with Crippen molar-refractivity contribution in [3.05, 3.63) is 18.9 Å². The van der Waals surface area contributed by atoms with Crippen molar-refractivity contribution in [3.8, 4) is 0 Å². The van der Waals surface area contributed by atoms with E-state index < -0.39 is 4.87 Å². The first-order valence-electron chi connectivity index (χ1n) is 7.72. The Morgan fingerprint density at radius 3 is 2.35 bits per heavy atom. The minimum atomic E-state index is -0.449. The van der Waals surface area contributed by atoms with Crippen molar-refractivity contribution >= 4 is 32.5 Å². The molecule has 0 saturated carbocycles. The summed E-state index contributed by atoms with van der Waals surface area (Å²) < 4.78 is 4.01. The van der Waals surface area contributed by atoms with Crippen molar-refractivity contribution in [2.45, 2.75) is 45.7 Å². The Kier molecular flexibility index (Phi) is 9.99. The molecule has 0 aliphatic carbocycles. The molecule has 2 N–H and O–H groups in total. The van der Waals surface area contributed by atoms with E-state index in [1.807, 2.05) is 20.9 Å². The molecule has 0 spiro atoms. The fourth-order valence-corrected chi connectivity index (χ4v) is 2.20. The molecule has 1 aromatic rings. The summed E-state index contributed by atoms with van der Waals surface area (Å²) in [6.07, 6.45) is 1.08. The maximum Gasteiger partial charge on any atom is 0.329 e. The topological polar surface area (TPSA) is 70.9 Å². The molecule has 0 bridgehead atoms. The predicted molar refractivity (Wildman–Crippen MR) is 104 cm³/mol. The van der Waals surface area contributed by atoms with E-state index in [2.05, 4.69) is 82.8 Å². The second-order valence-corrected chi connectivity index (χ2v) is 6.78. The van der Waals surface area contributed by atoms with Crippen LogP contribution in [-0.4, -0.2) is 52.5 Å². The van der Waals surface area contributed by atoms with Crippen molar-refractivity contribution in [1.82, 2.24) is 30.2 Å². The molecule has 0 radical (unpaired) electrons. The highest BCUT2D eigenvalue weighted by Gasteiger charge is 2.28. The number of hydrogen-bond donors (Lipinski definition) is 3. The molecule has 10 heteroatoms. The number of rotatable bonds is 8. The second-order valence-electron chi connectivity index (χ2n) is 5.68. The lowest BCUT2D eigenvalue weighted by Crippen LogP contribution is -2.56. The summed E-state index contributed by atoms with van der Waals surface area (Å²) in [6.45, 7) is 17.9. The average molecular weight is 337 g/mol. The molecule has 0 aliphatic heterocycles. The highest BCUT2D eigenvalue weighted by Crippen LogP contribution is 2.21. The zero-order chi connectivity index (χ0) is 18.0. The van der Waals surface area contributed by atoms with Gasteiger partial charge in [0, 0.05) is 0 Å². The van der Waals surface area contributed by atoms with Crippen LogP contribution in [0, 0.1) is 0 Å². The monoisotopic (exact) mass is 337 g/mol. The lowest BCUT2D eigenvalue weighted by atomic mass is 9.62. The van der Waals surface area contributed by atoms with Gasteiger partial charge in [-0.05, 0) is 44.3 Å². The van der Waals surface area contributed by atoms with Gasteiger partial charge in [0.2, 0.25) is 5.95 Å². The van der Waals surface area contributed by atoms with E-state index in [1.54, 1.807) is 4.68 Å². The summed E-state index contributed by atoms with van der Waals surface area (Å²) in [7, 11) is 1.96. The molecule has 1 aromatic heterocycles. The SMILES string of the molecule is C=C=C.CCCN(B(C)NC)B(C)Nc1nnnn1C(C)(C)S. The molecule has 0 aliphatic rings. The third kappa shape index (κ3) is 7.26. The molecule has 1 heterocycles. The van der Waals surface area contributed by atoms with E-state index in [4.69, 9.17) is 0 Å². The Balaban J connectivity index is 0.00000149. The Morgan fingerprint density at radius 1 is 1.35 bits per heavy atom. The van der Waals surface area contributed by atoms with E-state index in [-0.39, 0.29) is 14.0 Å². The molecule has 0 fully saturated rings. The second kappa shape index (κ2) is 10.5. The van der Waals surface area contributed by atoms with Crippen molar-refractivity contribution in [1.29, 1.82) is 0 Å². The lowest BCUT2D eigenvalue weighted by Gasteiger charge is -2.31. The minimum absolute atomic E-state index is 0.109. The first-order valence-corrected chi connectivity index (χ1v) is 8.17. The van der Waals surface area contributed by atoms with Gasteiger partial charge in [0.25, 0.3) is 6.98 Å². The van der Waals surface area contributed by atoms with Gasteiger partial charge < -0.3 is 15.2 Å². The van der Waals surface area contributed by atoms with Gasteiger partial charge in [0.1, 0.15) is 4.87 Å². The number of hydrogen-bond acceptors (Lipinski definition) is 7. The van der Waals surface area contributed by atoms with Crippen LogP contribution in [0.4, 0.5) is 5.95 Å². The minimum Gasteiger partial charge on any atom is -0.383 e. The van der Waals surface area contributed by atoms with E-state index in [0.29, 0.717) is 5.95 Å². The van der Waals surface area contributed by atoms with E-state index in [9.17, 15) is 0 Å². The summed E-state index contributed by atoms with van der Waals surface area (Å²) in [6, 6.07) is 0. The quantitative estimate of drug-likeness (QED) is 0.382. The van der Waals surface area contributed by atoms with Gasteiger partial charge in [-0.1, -0.05) is 38.8 Å². The van der Waals surface area contributed by atoms with Gasteiger partial charge in [-0.3, -0.25) is 0 Å². The van der Waals surface area contributed by atoms with Crippen molar-refractivity contribution in [3.63, 3.8) is 0 Å². The first-order chi connectivity index (χ1) is 10.7. The molecule has 0 saturated heterocycles. The van der Waals surface area contributed by atoms with Crippen LogP contribution in [-0.2, 0) is 4.87 Å². The molecule has 23 heavy (non-hydrogen) atoms. The number of nitrogens with one attached hydrogen (secondary N) is 2. The van der Waals surface area contributed by atoms with E-state index in [1.165, 1.54) is 0 Å². The smallest absolute Gasteiger partial charge is 0.329 e. The molecular formula is C13H29B2N7S. The average Bonchev–Trinajstić information content (AvgIpc) is 2.93. The van der Waals surface area contributed by atoms with Crippen LogP contribution in [0.15, 0.2) is 18.9 Å². The summed E-state index contributed by atoms with van der Waals surface area (Å²) in [5, 5.41) is 18.4. The lowest BCUT2D eigenvalue weighted by molar-refractivity contribution is 0.473. The number of anilines is 1. The molecule has 1 rings (SSSR count). The number of tetrazole rings is 1. The fourth-order valence-electron chi connectivity index (χ4n) is 2.06. The Labute approximate surface area is 146 Å². The summed E-state index contributed by atoms with van der Waals surface area (Å²) in [5.74, 6) is 0.627. The number of aromatic nitrogens is 4. The van der Waals surface area contributed by atoms with Crippen LogP contribution in [0.25, 0.3) is 0 Å². The van der Waals surface area contributed by atoms with Gasteiger partial charge in [0.15, 0.2) is 0 Å². The molecule has 7 nitrogen and oxygen atoms in total. The van der Waals surface area contributed by atoms with Gasteiger partial charge in [-0.2, -0.15) is 4.68 Å². The van der Waals surface area contributed by atoms with Crippen molar-refractivity contribution < 1.29 is 0 Å². The van der Waals surface area contributed by atoms with Crippen LogP contribution in [0.2, 0.25) is 13.6 Å². The van der Waals surface area contributed by atoms with Crippen LogP contribution in [0.1, 0.15) is 27.2 Å². The van der Waals surface area contributed by atoms with Gasteiger partial charge >= 0.3 is 6.98 Å². The van der Waals surface area contributed by atoms with Crippen LogP contribution in [0.5, 0.6) is 0 Å². The molecule has 128 valence electrons. The molecule has 0 unspecified atom stereocenters. The van der Waals surface area contributed by atoms with Crippen LogP contribution in [0.3, 0.4) is 0 Å². The van der Waals surface area contributed by atoms with Gasteiger partial charge in [-0.15, -0.1) is 18.4 Å². The Bertz CT molecular complexity index is 483.